The largest absolute Gasteiger partial charge is 0.491 e. The Bertz CT molecular complexity index is 1180. The van der Waals surface area contributed by atoms with E-state index >= 15 is 0 Å². The van der Waals surface area contributed by atoms with E-state index in [1.54, 1.807) is 0 Å². The van der Waals surface area contributed by atoms with Crippen LogP contribution in [-0.2, 0) is 10.0 Å². The topological polar surface area (TPSA) is 70.1 Å². The normalized spacial score (nSPS) is 16.8. The summed E-state index contributed by atoms with van der Waals surface area (Å²) in [7, 11) is -4.27. The Kier molecular flexibility index (Phi) is 6.71. The molecule has 0 bridgehead atoms. The van der Waals surface area contributed by atoms with Gasteiger partial charge in [0.25, 0.3) is 0 Å². The quantitative estimate of drug-likeness (QED) is 0.585. The smallest absolute Gasteiger partial charge is 0.249 e. The number of benzene rings is 3. The lowest BCUT2D eigenvalue weighted by Crippen LogP contribution is -2.51. The van der Waals surface area contributed by atoms with Crippen LogP contribution in [0.15, 0.2) is 65.6 Å². The molecule has 9 heteroatoms. The predicted molar refractivity (Wildman–Crippen MR) is 117 cm³/mol. The van der Waals surface area contributed by atoms with Crippen LogP contribution in [0.2, 0.25) is 0 Å². The van der Waals surface area contributed by atoms with Crippen LogP contribution in [-0.4, -0.2) is 68.2 Å². The van der Waals surface area contributed by atoms with Gasteiger partial charge in [-0.15, -0.1) is 0 Å². The van der Waals surface area contributed by atoms with E-state index in [2.05, 4.69) is 0 Å². The van der Waals surface area contributed by atoms with Crippen molar-refractivity contribution in [3.05, 3.63) is 72.3 Å². The van der Waals surface area contributed by atoms with Crippen molar-refractivity contribution in [2.75, 3.05) is 39.3 Å². The molecular formula is C23H24F2N2O4S. The van der Waals surface area contributed by atoms with Crippen molar-refractivity contribution < 1.29 is 27.0 Å². The number of hydrogen-bond acceptors (Lipinski definition) is 5. The molecule has 0 amide bonds. The van der Waals surface area contributed by atoms with Crippen molar-refractivity contribution in [2.24, 2.45) is 0 Å². The summed E-state index contributed by atoms with van der Waals surface area (Å²) >= 11 is 0. The van der Waals surface area contributed by atoms with Gasteiger partial charge < -0.3 is 9.84 Å². The van der Waals surface area contributed by atoms with Crippen molar-refractivity contribution >= 4 is 20.8 Å². The number of aliphatic hydroxyl groups excluding tert-OH is 1. The van der Waals surface area contributed by atoms with E-state index in [-0.39, 0.29) is 19.7 Å². The highest BCUT2D eigenvalue weighted by Crippen LogP contribution is 2.24. The second-order valence-corrected chi connectivity index (χ2v) is 9.60. The highest BCUT2D eigenvalue weighted by molar-refractivity contribution is 7.89. The van der Waals surface area contributed by atoms with Gasteiger partial charge in [0.2, 0.25) is 10.0 Å². The third kappa shape index (κ3) is 4.91. The van der Waals surface area contributed by atoms with Gasteiger partial charge >= 0.3 is 0 Å². The zero-order valence-corrected chi connectivity index (χ0v) is 18.1. The van der Waals surface area contributed by atoms with Crippen LogP contribution >= 0.6 is 0 Å². The SMILES string of the molecule is O=S(=O)(c1c(F)cccc1F)N1CCN(CC(O)COc2ccc3ccccc3c2)CC1. The van der Waals surface area contributed by atoms with Gasteiger partial charge in [-0.2, -0.15) is 4.31 Å². The van der Waals surface area contributed by atoms with Crippen LogP contribution in [0.1, 0.15) is 0 Å². The summed E-state index contributed by atoms with van der Waals surface area (Å²) in [6.07, 6.45) is -0.770. The molecule has 32 heavy (non-hydrogen) atoms. The standard InChI is InChI=1S/C23H24F2N2O4S/c24-21-6-3-7-22(25)23(21)32(29,30)27-12-10-26(11-13-27)15-19(28)16-31-20-9-8-17-4-1-2-5-18(17)14-20/h1-9,14,19,28H,10-13,15-16H2. The van der Waals surface area contributed by atoms with Gasteiger partial charge in [0.15, 0.2) is 4.90 Å². The molecule has 0 radical (unpaired) electrons. The lowest BCUT2D eigenvalue weighted by atomic mass is 10.1. The Morgan fingerprint density at radius 2 is 1.56 bits per heavy atom. The number of nitrogens with zero attached hydrogens (tertiary/aromatic N) is 2. The van der Waals surface area contributed by atoms with Gasteiger partial charge in [-0.1, -0.05) is 36.4 Å². The minimum absolute atomic E-state index is 0.0777. The Balaban J connectivity index is 1.29. The summed E-state index contributed by atoms with van der Waals surface area (Å²) in [5.41, 5.74) is 0. The summed E-state index contributed by atoms with van der Waals surface area (Å²) in [4.78, 5) is 0.982. The maximum atomic E-state index is 14.0. The van der Waals surface area contributed by atoms with E-state index in [4.69, 9.17) is 4.74 Å². The number of piperazine rings is 1. The number of ether oxygens (including phenoxy) is 1. The zero-order valence-electron chi connectivity index (χ0n) is 17.3. The van der Waals surface area contributed by atoms with Gasteiger partial charge in [0.1, 0.15) is 30.1 Å². The fourth-order valence-corrected chi connectivity index (χ4v) is 5.34. The molecule has 0 spiro atoms. The molecule has 4 rings (SSSR count). The van der Waals surface area contributed by atoms with Gasteiger partial charge in [0.05, 0.1) is 0 Å². The van der Waals surface area contributed by atoms with Gasteiger partial charge in [-0.3, -0.25) is 4.90 Å². The minimum atomic E-state index is -4.27. The van der Waals surface area contributed by atoms with Crippen LogP contribution in [0.3, 0.4) is 0 Å². The van der Waals surface area contributed by atoms with Crippen LogP contribution in [0.4, 0.5) is 8.78 Å². The van der Waals surface area contributed by atoms with E-state index in [1.807, 2.05) is 47.4 Å². The Hall–Kier alpha value is -2.59. The summed E-state index contributed by atoms with van der Waals surface area (Å²) in [5.74, 6) is -1.55. The summed E-state index contributed by atoms with van der Waals surface area (Å²) in [5, 5.41) is 12.5. The van der Waals surface area contributed by atoms with Crippen molar-refractivity contribution in [3.63, 3.8) is 0 Å². The molecule has 0 saturated carbocycles. The Labute approximate surface area is 185 Å². The maximum Gasteiger partial charge on any atom is 0.249 e. The monoisotopic (exact) mass is 462 g/mol. The molecule has 1 unspecified atom stereocenters. The van der Waals surface area contributed by atoms with Crippen molar-refractivity contribution in [1.29, 1.82) is 0 Å². The molecule has 3 aromatic rings. The average Bonchev–Trinajstić information content (AvgIpc) is 2.77. The van der Waals surface area contributed by atoms with E-state index in [0.29, 0.717) is 25.4 Å². The zero-order chi connectivity index (χ0) is 22.7. The molecule has 1 heterocycles. The van der Waals surface area contributed by atoms with Crippen LogP contribution < -0.4 is 4.74 Å². The maximum absolute atomic E-state index is 14.0. The molecule has 6 nitrogen and oxygen atoms in total. The number of halogens is 2. The first kappa shape index (κ1) is 22.6. The fraction of sp³-hybridized carbons (Fsp3) is 0.304. The Morgan fingerprint density at radius 1 is 0.906 bits per heavy atom. The summed E-state index contributed by atoms with van der Waals surface area (Å²) < 4.78 is 60.0. The van der Waals surface area contributed by atoms with Crippen LogP contribution in [0.25, 0.3) is 10.8 Å². The molecule has 0 aliphatic carbocycles. The van der Waals surface area contributed by atoms with Crippen molar-refractivity contribution in [1.82, 2.24) is 9.21 Å². The molecule has 0 aromatic heterocycles. The number of sulfonamides is 1. The molecule has 1 fully saturated rings. The fourth-order valence-electron chi connectivity index (χ4n) is 3.81. The van der Waals surface area contributed by atoms with Crippen molar-refractivity contribution in [2.45, 2.75) is 11.0 Å². The third-order valence-corrected chi connectivity index (χ3v) is 7.43. The first-order valence-corrected chi connectivity index (χ1v) is 11.7. The Morgan fingerprint density at radius 3 is 2.25 bits per heavy atom. The highest BCUT2D eigenvalue weighted by Gasteiger charge is 2.33. The predicted octanol–water partition coefficient (Wildman–Crippen LogP) is 2.86. The van der Waals surface area contributed by atoms with E-state index in [1.165, 1.54) is 0 Å². The molecule has 1 aliphatic heterocycles. The van der Waals surface area contributed by atoms with Crippen LogP contribution in [0, 0.1) is 11.6 Å². The minimum Gasteiger partial charge on any atom is -0.491 e. The third-order valence-electron chi connectivity index (χ3n) is 5.48. The lowest BCUT2D eigenvalue weighted by molar-refractivity contribution is 0.0569. The first-order valence-electron chi connectivity index (χ1n) is 10.3. The van der Waals surface area contributed by atoms with E-state index in [9.17, 15) is 22.3 Å². The second kappa shape index (κ2) is 9.50. The molecule has 170 valence electrons. The van der Waals surface area contributed by atoms with Gasteiger partial charge in [-0.25, -0.2) is 17.2 Å². The van der Waals surface area contributed by atoms with E-state index < -0.39 is 32.7 Å². The number of β-amino-alcohol motifs (C(OH)–C–C–N with tert-alkyl or cyclic N) is 1. The number of aliphatic hydroxyl groups is 1. The molecule has 1 saturated heterocycles. The van der Waals surface area contributed by atoms with E-state index in [0.717, 1.165) is 33.3 Å². The number of fused-ring (bicyclic) bond motifs is 1. The summed E-state index contributed by atoms with van der Waals surface area (Å²) in [6, 6.07) is 16.6. The van der Waals surface area contributed by atoms with Gasteiger partial charge in [0, 0.05) is 32.7 Å². The molecule has 1 atom stereocenters. The molecule has 1 N–H and O–H groups in total. The number of hydrogen-bond donors (Lipinski definition) is 1. The summed E-state index contributed by atoms with van der Waals surface area (Å²) in [6.45, 7) is 1.22. The lowest BCUT2D eigenvalue weighted by Gasteiger charge is -2.34. The number of rotatable bonds is 7. The molecule has 1 aliphatic rings. The molecule has 3 aromatic carbocycles. The molecular weight excluding hydrogens is 438 g/mol. The first-order chi connectivity index (χ1) is 15.3. The van der Waals surface area contributed by atoms with Crippen molar-refractivity contribution in [3.8, 4) is 5.75 Å². The van der Waals surface area contributed by atoms with Gasteiger partial charge in [-0.05, 0) is 35.0 Å². The van der Waals surface area contributed by atoms with Crippen LogP contribution in [0.5, 0.6) is 5.75 Å². The second-order valence-electron chi connectivity index (χ2n) is 7.73. The average molecular weight is 463 g/mol. The highest BCUT2D eigenvalue weighted by atomic mass is 32.2.